The van der Waals surface area contributed by atoms with Gasteiger partial charge in [-0.1, -0.05) is 19.0 Å². The predicted octanol–water partition coefficient (Wildman–Crippen LogP) is 0.787. The van der Waals surface area contributed by atoms with Crippen LogP contribution in [-0.2, 0) is 9.53 Å². The van der Waals surface area contributed by atoms with Gasteiger partial charge in [0.2, 0.25) is 5.91 Å². The molecule has 0 aromatic carbocycles. The van der Waals surface area contributed by atoms with Crippen molar-refractivity contribution in [1.82, 2.24) is 4.90 Å². The zero-order chi connectivity index (χ0) is 13.3. The molecule has 0 saturated heterocycles. The van der Waals surface area contributed by atoms with Gasteiger partial charge in [0.1, 0.15) is 5.84 Å². The number of amidine groups is 1. The molecule has 6 heteroatoms. The van der Waals surface area contributed by atoms with Crippen LogP contribution in [0.1, 0.15) is 33.1 Å². The average molecular weight is 245 g/mol. The molecule has 0 radical (unpaired) electrons. The van der Waals surface area contributed by atoms with E-state index in [0.717, 1.165) is 12.8 Å². The fourth-order valence-electron chi connectivity index (χ4n) is 1.72. The number of oxime groups is 1. The Labute approximate surface area is 102 Å². The Morgan fingerprint density at radius 2 is 2.06 bits per heavy atom. The third-order valence-electron chi connectivity index (χ3n) is 2.70. The summed E-state index contributed by atoms with van der Waals surface area (Å²) < 4.78 is 4.99. The molecule has 0 aliphatic heterocycles. The van der Waals surface area contributed by atoms with Crippen molar-refractivity contribution in [2.45, 2.75) is 39.2 Å². The van der Waals surface area contributed by atoms with Crippen molar-refractivity contribution in [3.8, 4) is 0 Å². The van der Waals surface area contributed by atoms with Gasteiger partial charge >= 0.3 is 0 Å². The average Bonchev–Trinajstić information content (AvgIpc) is 2.34. The van der Waals surface area contributed by atoms with Gasteiger partial charge in [-0.3, -0.25) is 4.79 Å². The topological polar surface area (TPSA) is 88.2 Å². The van der Waals surface area contributed by atoms with Crippen LogP contribution in [0.5, 0.6) is 0 Å². The van der Waals surface area contributed by atoms with Gasteiger partial charge in [0.25, 0.3) is 0 Å². The Kier molecular flexibility index (Phi) is 8.13. The van der Waals surface area contributed by atoms with E-state index in [-0.39, 0.29) is 24.2 Å². The molecule has 0 rings (SSSR count). The summed E-state index contributed by atoms with van der Waals surface area (Å²) in [6.45, 7) is 5.08. The first-order chi connectivity index (χ1) is 8.10. The first kappa shape index (κ1) is 15.7. The standard InChI is InChI=1S/C11H23N3O3/c1-4-9(5-2)14(6-7-17-3)11(15)8-10(12)13-16/h9,16H,4-8H2,1-3H3,(H2,12,13). The van der Waals surface area contributed by atoms with Crippen molar-refractivity contribution in [2.24, 2.45) is 10.9 Å². The Morgan fingerprint density at radius 3 is 2.47 bits per heavy atom. The normalized spacial score (nSPS) is 11.9. The number of carbonyl (C=O) groups excluding carboxylic acids is 1. The van der Waals surface area contributed by atoms with Crippen molar-refractivity contribution in [2.75, 3.05) is 20.3 Å². The Balaban J connectivity index is 4.59. The highest BCUT2D eigenvalue weighted by Gasteiger charge is 2.21. The van der Waals surface area contributed by atoms with Crippen LogP contribution in [0.3, 0.4) is 0 Å². The van der Waals surface area contributed by atoms with E-state index < -0.39 is 0 Å². The molecular formula is C11H23N3O3. The van der Waals surface area contributed by atoms with E-state index in [0.29, 0.717) is 13.2 Å². The number of methoxy groups -OCH3 is 1. The SMILES string of the molecule is CCC(CC)N(CCOC)C(=O)CC(N)=NO. The fraction of sp³-hybridized carbons (Fsp3) is 0.818. The minimum Gasteiger partial charge on any atom is -0.409 e. The molecule has 1 amide bonds. The number of ether oxygens (including phenoxy) is 1. The van der Waals surface area contributed by atoms with Crippen molar-refractivity contribution >= 4 is 11.7 Å². The maximum Gasteiger partial charge on any atom is 0.230 e. The summed E-state index contributed by atoms with van der Waals surface area (Å²) >= 11 is 0. The highest BCUT2D eigenvalue weighted by molar-refractivity contribution is 5.98. The fourth-order valence-corrected chi connectivity index (χ4v) is 1.72. The molecule has 0 fully saturated rings. The molecule has 0 spiro atoms. The van der Waals surface area contributed by atoms with E-state index in [2.05, 4.69) is 5.16 Å². The predicted molar refractivity (Wildman–Crippen MR) is 66.0 cm³/mol. The third-order valence-corrected chi connectivity index (χ3v) is 2.70. The van der Waals surface area contributed by atoms with E-state index >= 15 is 0 Å². The second-order valence-electron chi connectivity index (χ2n) is 3.82. The van der Waals surface area contributed by atoms with Crippen LogP contribution >= 0.6 is 0 Å². The summed E-state index contributed by atoms with van der Waals surface area (Å²) in [6, 6.07) is 0.171. The van der Waals surface area contributed by atoms with Crippen molar-refractivity contribution in [3.63, 3.8) is 0 Å². The summed E-state index contributed by atoms with van der Waals surface area (Å²) in [7, 11) is 1.60. The van der Waals surface area contributed by atoms with Gasteiger partial charge in [-0.15, -0.1) is 0 Å². The quantitative estimate of drug-likeness (QED) is 0.286. The summed E-state index contributed by atoms with van der Waals surface area (Å²) in [6.07, 6.45) is 1.70. The van der Waals surface area contributed by atoms with Gasteiger partial charge in [0.05, 0.1) is 13.0 Å². The summed E-state index contributed by atoms with van der Waals surface area (Å²) in [5.41, 5.74) is 5.34. The number of hydrogen-bond donors (Lipinski definition) is 2. The molecule has 0 atom stereocenters. The Bertz CT molecular complexity index is 252. The van der Waals surface area contributed by atoms with Crippen molar-refractivity contribution in [1.29, 1.82) is 0 Å². The minimum absolute atomic E-state index is 0.0588. The molecule has 100 valence electrons. The second-order valence-corrected chi connectivity index (χ2v) is 3.82. The van der Waals surface area contributed by atoms with Crippen LogP contribution in [0.15, 0.2) is 5.16 Å². The number of nitrogens with two attached hydrogens (primary N) is 1. The molecule has 0 aliphatic rings. The Morgan fingerprint density at radius 1 is 1.47 bits per heavy atom. The summed E-state index contributed by atoms with van der Waals surface area (Å²) in [5.74, 6) is -0.200. The van der Waals surface area contributed by atoms with E-state index in [9.17, 15) is 4.79 Å². The van der Waals surface area contributed by atoms with Crippen LogP contribution in [0.2, 0.25) is 0 Å². The molecule has 6 nitrogen and oxygen atoms in total. The molecule has 0 heterocycles. The van der Waals surface area contributed by atoms with Gasteiger partial charge in [0, 0.05) is 19.7 Å². The largest absolute Gasteiger partial charge is 0.409 e. The maximum atomic E-state index is 12.0. The zero-order valence-electron chi connectivity index (χ0n) is 10.8. The number of rotatable bonds is 8. The lowest BCUT2D eigenvalue weighted by atomic mass is 10.1. The number of hydrogen-bond acceptors (Lipinski definition) is 4. The second kappa shape index (κ2) is 8.81. The number of carbonyl (C=O) groups is 1. The molecule has 0 aliphatic carbocycles. The molecule has 3 N–H and O–H groups in total. The van der Waals surface area contributed by atoms with E-state index in [1.54, 1.807) is 12.0 Å². The van der Waals surface area contributed by atoms with Gasteiger partial charge < -0.3 is 20.6 Å². The van der Waals surface area contributed by atoms with E-state index in [4.69, 9.17) is 15.7 Å². The maximum absolute atomic E-state index is 12.0. The van der Waals surface area contributed by atoms with Gasteiger partial charge in [0.15, 0.2) is 0 Å². The van der Waals surface area contributed by atoms with Crippen LogP contribution in [0.4, 0.5) is 0 Å². The van der Waals surface area contributed by atoms with E-state index in [1.165, 1.54) is 0 Å². The molecule has 0 aromatic heterocycles. The highest BCUT2D eigenvalue weighted by Crippen LogP contribution is 2.10. The van der Waals surface area contributed by atoms with Crippen molar-refractivity contribution < 1.29 is 14.7 Å². The van der Waals surface area contributed by atoms with Gasteiger partial charge in [-0.05, 0) is 12.8 Å². The van der Waals surface area contributed by atoms with Crippen LogP contribution in [0.25, 0.3) is 0 Å². The Hall–Kier alpha value is -1.30. The molecular weight excluding hydrogens is 222 g/mol. The summed E-state index contributed by atoms with van der Waals surface area (Å²) in [4.78, 5) is 13.7. The lowest BCUT2D eigenvalue weighted by Gasteiger charge is -2.30. The first-order valence-electron chi connectivity index (χ1n) is 5.85. The highest BCUT2D eigenvalue weighted by atomic mass is 16.5. The lowest BCUT2D eigenvalue weighted by Crippen LogP contribution is -2.43. The third kappa shape index (κ3) is 5.53. The molecule has 0 saturated carbocycles. The van der Waals surface area contributed by atoms with Crippen LogP contribution in [0, 0.1) is 0 Å². The minimum atomic E-state index is -0.133. The van der Waals surface area contributed by atoms with Crippen molar-refractivity contribution in [3.05, 3.63) is 0 Å². The van der Waals surface area contributed by atoms with Gasteiger partial charge in [-0.25, -0.2) is 0 Å². The molecule has 0 bridgehead atoms. The molecule has 0 aromatic rings. The summed E-state index contributed by atoms with van der Waals surface area (Å²) in [5, 5.41) is 11.3. The zero-order valence-corrected chi connectivity index (χ0v) is 10.8. The number of nitrogens with zero attached hydrogens (tertiary/aromatic N) is 2. The van der Waals surface area contributed by atoms with Crippen LogP contribution in [-0.4, -0.2) is 48.2 Å². The molecule has 17 heavy (non-hydrogen) atoms. The monoisotopic (exact) mass is 245 g/mol. The lowest BCUT2D eigenvalue weighted by molar-refractivity contribution is -0.133. The molecule has 0 unspecified atom stereocenters. The van der Waals surface area contributed by atoms with Crippen LogP contribution < -0.4 is 5.73 Å². The first-order valence-corrected chi connectivity index (χ1v) is 5.85. The number of amides is 1. The van der Waals surface area contributed by atoms with Gasteiger partial charge in [-0.2, -0.15) is 0 Å². The smallest absolute Gasteiger partial charge is 0.230 e. The van der Waals surface area contributed by atoms with E-state index in [1.807, 2.05) is 13.8 Å².